The van der Waals surface area contributed by atoms with Crippen molar-refractivity contribution in [2.45, 2.75) is 66.7 Å². The van der Waals surface area contributed by atoms with E-state index < -0.39 is 5.41 Å². The normalized spacial score (nSPS) is 43.7. The van der Waals surface area contributed by atoms with Crippen molar-refractivity contribution in [3.63, 3.8) is 0 Å². The molecule has 1 unspecified atom stereocenters. The van der Waals surface area contributed by atoms with Crippen molar-refractivity contribution in [2.24, 2.45) is 39.9 Å². The predicted molar refractivity (Wildman–Crippen MR) is 105 cm³/mol. The van der Waals surface area contributed by atoms with E-state index in [1.165, 1.54) is 0 Å². The molecule has 0 saturated heterocycles. The molecule has 0 N–H and O–H groups in total. The molecule has 3 nitrogen and oxygen atoms in total. The Balaban J connectivity index is 1.79. The number of allylic oxidation sites excluding steroid dienone is 4. The van der Waals surface area contributed by atoms with Crippen molar-refractivity contribution in [3.05, 3.63) is 23.8 Å². The van der Waals surface area contributed by atoms with Gasteiger partial charge in [-0.2, -0.15) is 0 Å². The highest BCUT2D eigenvalue weighted by molar-refractivity contribution is 5.97. The SMILES string of the molecule is CC(C)(C)C(=O)C1CC(=O)[C@@]2(C)CC[C@@H]3[C@@H](C=CC4=CC(=O)CC[C@@]43C)[C@H]12. The second kappa shape index (κ2) is 5.75. The van der Waals surface area contributed by atoms with Crippen LogP contribution < -0.4 is 0 Å². The van der Waals surface area contributed by atoms with Gasteiger partial charge in [0.1, 0.15) is 11.6 Å². The zero-order valence-electron chi connectivity index (χ0n) is 17.3. The van der Waals surface area contributed by atoms with Gasteiger partial charge < -0.3 is 0 Å². The van der Waals surface area contributed by atoms with Crippen LogP contribution in [-0.4, -0.2) is 17.3 Å². The highest BCUT2D eigenvalue weighted by Crippen LogP contribution is 2.64. The van der Waals surface area contributed by atoms with Crippen molar-refractivity contribution in [3.8, 4) is 0 Å². The number of hydrogen-bond acceptors (Lipinski definition) is 3. The molecule has 0 aromatic carbocycles. The molecule has 146 valence electrons. The number of carbonyl (C=O) groups is 3. The molecule has 0 heterocycles. The minimum absolute atomic E-state index is 0.00434. The van der Waals surface area contributed by atoms with Crippen molar-refractivity contribution >= 4 is 17.3 Å². The smallest absolute Gasteiger partial charge is 0.156 e. The van der Waals surface area contributed by atoms with Gasteiger partial charge in [0, 0.05) is 29.6 Å². The molecule has 2 saturated carbocycles. The summed E-state index contributed by atoms with van der Waals surface area (Å²) in [7, 11) is 0. The first-order chi connectivity index (χ1) is 12.5. The van der Waals surface area contributed by atoms with Crippen LogP contribution >= 0.6 is 0 Å². The van der Waals surface area contributed by atoms with Gasteiger partial charge in [0.2, 0.25) is 0 Å². The average Bonchev–Trinajstić information content (AvgIpc) is 2.85. The summed E-state index contributed by atoms with van der Waals surface area (Å²) in [5, 5.41) is 0. The standard InChI is InChI=1S/C24H32O3/c1-22(2,3)21(27)17-13-19(26)24(5)11-9-18-16(20(17)24)7-6-14-12-15(25)8-10-23(14,18)4/h6-7,12,16-18,20H,8-11,13H2,1-5H3/t16-,17?,18-,20-,23+,24-/m1/s1. The monoisotopic (exact) mass is 368 g/mol. The van der Waals surface area contributed by atoms with E-state index in [0.717, 1.165) is 24.8 Å². The van der Waals surface area contributed by atoms with Crippen LogP contribution in [-0.2, 0) is 14.4 Å². The molecule has 4 rings (SSSR count). The van der Waals surface area contributed by atoms with Crippen LogP contribution in [0, 0.1) is 39.9 Å². The van der Waals surface area contributed by atoms with Gasteiger partial charge in [0.25, 0.3) is 0 Å². The molecule has 0 spiro atoms. The molecule has 0 bridgehead atoms. The van der Waals surface area contributed by atoms with E-state index in [0.29, 0.717) is 18.8 Å². The van der Waals surface area contributed by atoms with Gasteiger partial charge in [-0.1, -0.05) is 46.8 Å². The fourth-order valence-electron chi connectivity index (χ4n) is 6.69. The Bertz CT molecular complexity index is 780. The summed E-state index contributed by atoms with van der Waals surface area (Å²) in [4.78, 5) is 38.2. The van der Waals surface area contributed by atoms with Crippen LogP contribution in [0.15, 0.2) is 23.8 Å². The molecule has 4 aliphatic carbocycles. The van der Waals surface area contributed by atoms with Gasteiger partial charge >= 0.3 is 0 Å². The van der Waals surface area contributed by atoms with E-state index >= 15 is 0 Å². The Hall–Kier alpha value is -1.51. The van der Waals surface area contributed by atoms with E-state index in [4.69, 9.17) is 0 Å². The maximum Gasteiger partial charge on any atom is 0.156 e. The number of ketones is 3. The van der Waals surface area contributed by atoms with E-state index in [1.807, 2.05) is 26.8 Å². The summed E-state index contributed by atoms with van der Waals surface area (Å²) in [6.07, 6.45) is 9.99. The summed E-state index contributed by atoms with van der Waals surface area (Å²) in [6.45, 7) is 10.3. The second-order valence-corrected chi connectivity index (χ2v) is 10.9. The summed E-state index contributed by atoms with van der Waals surface area (Å²) in [5.41, 5.74) is 0.356. The summed E-state index contributed by atoms with van der Waals surface area (Å²) in [5.74, 6) is 1.35. The fraction of sp³-hybridized carbons (Fsp3) is 0.708. The molecule has 3 heteroatoms. The van der Waals surface area contributed by atoms with Crippen LogP contribution in [0.5, 0.6) is 0 Å². The Kier molecular flexibility index (Phi) is 4.01. The summed E-state index contributed by atoms with van der Waals surface area (Å²) >= 11 is 0. The lowest BCUT2D eigenvalue weighted by atomic mass is 9.48. The Morgan fingerprint density at radius 2 is 1.81 bits per heavy atom. The largest absolute Gasteiger partial charge is 0.299 e. The molecule has 0 amide bonds. The van der Waals surface area contributed by atoms with Gasteiger partial charge in [0.15, 0.2) is 5.78 Å². The molecule has 27 heavy (non-hydrogen) atoms. The molecule has 0 aromatic rings. The molecule has 4 aliphatic rings. The van der Waals surface area contributed by atoms with Crippen molar-refractivity contribution < 1.29 is 14.4 Å². The summed E-state index contributed by atoms with van der Waals surface area (Å²) in [6, 6.07) is 0. The third-order valence-corrected chi connectivity index (χ3v) is 8.32. The Morgan fingerprint density at radius 1 is 1.11 bits per heavy atom. The lowest BCUT2D eigenvalue weighted by Crippen LogP contribution is -2.51. The molecular weight excluding hydrogens is 336 g/mol. The first kappa shape index (κ1) is 18.8. The lowest BCUT2D eigenvalue weighted by Gasteiger charge is -2.55. The van der Waals surface area contributed by atoms with E-state index in [9.17, 15) is 14.4 Å². The maximum atomic E-state index is 13.3. The van der Waals surface area contributed by atoms with Crippen molar-refractivity contribution in [2.75, 3.05) is 0 Å². The highest BCUT2D eigenvalue weighted by Gasteiger charge is 2.63. The Labute approximate surface area is 162 Å². The quantitative estimate of drug-likeness (QED) is 0.674. The van der Waals surface area contributed by atoms with Gasteiger partial charge in [0.05, 0.1) is 0 Å². The first-order valence-corrected chi connectivity index (χ1v) is 10.5. The topological polar surface area (TPSA) is 51.2 Å². The van der Waals surface area contributed by atoms with Crippen LogP contribution in [0.2, 0.25) is 0 Å². The van der Waals surface area contributed by atoms with Crippen molar-refractivity contribution in [1.29, 1.82) is 0 Å². The molecule has 0 radical (unpaired) electrons. The van der Waals surface area contributed by atoms with Crippen LogP contribution in [0.25, 0.3) is 0 Å². The molecule has 0 aliphatic heterocycles. The van der Waals surface area contributed by atoms with Gasteiger partial charge in [-0.05, 0) is 54.1 Å². The van der Waals surface area contributed by atoms with Gasteiger partial charge in [-0.3, -0.25) is 14.4 Å². The predicted octanol–water partition coefficient (Wildman–Crippen LogP) is 4.70. The highest BCUT2D eigenvalue weighted by atomic mass is 16.1. The second-order valence-electron chi connectivity index (χ2n) is 10.9. The fourth-order valence-corrected chi connectivity index (χ4v) is 6.69. The van der Waals surface area contributed by atoms with E-state index in [-0.39, 0.29) is 45.9 Å². The first-order valence-electron chi connectivity index (χ1n) is 10.5. The van der Waals surface area contributed by atoms with Crippen LogP contribution in [0.3, 0.4) is 0 Å². The Morgan fingerprint density at radius 3 is 2.48 bits per heavy atom. The third kappa shape index (κ3) is 2.57. The van der Waals surface area contributed by atoms with Crippen molar-refractivity contribution in [1.82, 2.24) is 0 Å². The van der Waals surface area contributed by atoms with Crippen LogP contribution in [0.1, 0.15) is 66.7 Å². The zero-order chi connectivity index (χ0) is 19.8. The number of fused-ring (bicyclic) bond motifs is 5. The number of carbonyl (C=O) groups excluding carboxylic acids is 3. The number of rotatable bonds is 1. The number of hydrogen-bond donors (Lipinski definition) is 0. The van der Waals surface area contributed by atoms with Crippen LogP contribution in [0.4, 0.5) is 0 Å². The molecular formula is C24H32O3. The summed E-state index contributed by atoms with van der Waals surface area (Å²) < 4.78 is 0. The van der Waals surface area contributed by atoms with Gasteiger partial charge in [-0.15, -0.1) is 0 Å². The van der Waals surface area contributed by atoms with E-state index in [2.05, 4.69) is 26.0 Å². The van der Waals surface area contributed by atoms with Gasteiger partial charge in [-0.25, -0.2) is 0 Å². The molecule has 6 atom stereocenters. The minimum Gasteiger partial charge on any atom is -0.299 e. The zero-order valence-corrected chi connectivity index (χ0v) is 17.3. The third-order valence-electron chi connectivity index (χ3n) is 8.32. The average molecular weight is 369 g/mol. The number of Topliss-reactive ketones (excluding diaryl/α,β-unsaturated/α-hetero) is 2. The van der Waals surface area contributed by atoms with E-state index in [1.54, 1.807) is 0 Å². The molecule has 2 fully saturated rings. The lowest BCUT2D eigenvalue weighted by molar-refractivity contribution is -0.135. The maximum absolute atomic E-state index is 13.3. The minimum atomic E-state index is -0.423. The molecule has 0 aromatic heterocycles.